The van der Waals surface area contributed by atoms with Crippen molar-refractivity contribution in [1.82, 2.24) is 5.43 Å². The number of nitrogens with one attached hydrogen (secondary N) is 1. The third kappa shape index (κ3) is 5.65. The van der Waals surface area contributed by atoms with Crippen LogP contribution in [0.2, 0.25) is 5.02 Å². The zero-order chi connectivity index (χ0) is 17.5. The minimum absolute atomic E-state index is 0.293. The average Bonchev–Trinajstić information content (AvgIpc) is 2.54. The number of hydrogen-bond donors (Lipinski definition) is 1. The number of ether oxygens (including phenoxy) is 1. The van der Waals surface area contributed by atoms with Crippen molar-refractivity contribution in [2.45, 2.75) is 13.8 Å². The van der Waals surface area contributed by atoms with Crippen LogP contribution in [0.25, 0.3) is 0 Å². The van der Waals surface area contributed by atoms with Gasteiger partial charge in [-0.15, -0.1) is 0 Å². The molecule has 24 heavy (non-hydrogen) atoms. The fourth-order valence-corrected chi connectivity index (χ4v) is 2.44. The van der Waals surface area contributed by atoms with Crippen LogP contribution in [0.5, 0.6) is 5.75 Å². The van der Waals surface area contributed by atoms with Crippen LogP contribution in [0.15, 0.2) is 52.0 Å². The van der Waals surface area contributed by atoms with Crippen LogP contribution in [0.1, 0.15) is 29.8 Å². The predicted octanol–water partition coefficient (Wildman–Crippen LogP) is 4.90. The van der Waals surface area contributed by atoms with Crippen molar-refractivity contribution in [3.8, 4) is 5.75 Å². The maximum atomic E-state index is 11.9. The van der Waals surface area contributed by atoms with Gasteiger partial charge in [0.25, 0.3) is 5.91 Å². The molecule has 0 radical (unpaired) electrons. The van der Waals surface area contributed by atoms with Crippen LogP contribution in [0.4, 0.5) is 0 Å². The van der Waals surface area contributed by atoms with Crippen LogP contribution >= 0.6 is 27.5 Å². The monoisotopic (exact) mass is 408 g/mol. The molecule has 0 bridgehead atoms. The van der Waals surface area contributed by atoms with Gasteiger partial charge in [-0.1, -0.05) is 25.4 Å². The van der Waals surface area contributed by atoms with Gasteiger partial charge in [0.2, 0.25) is 0 Å². The molecule has 6 heteroatoms. The van der Waals surface area contributed by atoms with E-state index >= 15 is 0 Å². The Hall–Kier alpha value is -1.85. The van der Waals surface area contributed by atoms with E-state index < -0.39 is 0 Å². The second kappa shape index (κ2) is 8.85. The van der Waals surface area contributed by atoms with Crippen molar-refractivity contribution < 1.29 is 9.53 Å². The Morgan fingerprint density at radius 3 is 2.62 bits per heavy atom. The van der Waals surface area contributed by atoms with E-state index in [1.54, 1.807) is 30.5 Å². The highest BCUT2D eigenvalue weighted by Crippen LogP contribution is 2.25. The van der Waals surface area contributed by atoms with Crippen molar-refractivity contribution in [1.29, 1.82) is 0 Å². The first-order chi connectivity index (χ1) is 11.5. The molecule has 0 heterocycles. The van der Waals surface area contributed by atoms with Gasteiger partial charge in [-0.05, 0) is 69.9 Å². The summed E-state index contributed by atoms with van der Waals surface area (Å²) in [6.45, 7) is 4.85. The molecule has 0 spiro atoms. The van der Waals surface area contributed by atoms with E-state index in [2.05, 4.69) is 40.3 Å². The molecule has 1 amide bonds. The molecule has 126 valence electrons. The van der Waals surface area contributed by atoms with Crippen LogP contribution < -0.4 is 10.2 Å². The molecule has 0 aliphatic heterocycles. The van der Waals surface area contributed by atoms with E-state index in [9.17, 15) is 4.79 Å². The van der Waals surface area contributed by atoms with Gasteiger partial charge in [0.15, 0.2) is 0 Å². The molecule has 2 aromatic carbocycles. The molecule has 0 fully saturated rings. The average molecular weight is 410 g/mol. The summed E-state index contributed by atoms with van der Waals surface area (Å²) < 4.78 is 6.54. The smallest absolute Gasteiger partial charge is 0.271 e. The Kier molecular flexibility index (Phi) is 6.82. The van der Waals surface area contributed by atoms with E-state index in [1.165, 1.54) is 0 Å². The molecule has 2 aromatic rings. The molecule has 0 aromatic heterocycles. The topological polar surface area (TPSA) is 50.7 Å². The summed E-state index contributed by atoms with van der Waals surface area (Å²) in [5, 5.41) is 4.55. The first-order valence-electron chi connectivity index (χ1n) is 7.47. The standard InChI is InChI=1S/C18H18BrClN2O2/c1-12(2)11-24-17-8-3-13(9-16(17)19)10-21-22-18(23)14-4-6-15(20)7-5-14/h3-10,12H,11H2,1-2H3,(H,22,23)/b21-10-. The largest absolute Gasteiger partial charge is 0.492 e. The number of hydrogen-bond acceptors (Lipinski definition) is 3. The third-order valence-electron chi connectivity index (χ3n) is 3.01. The summed E-state index contributed by atoms with van der Waals surface area (Å²) >= 11 is 9.27. The number of hydrazone groups is 1. The van der Waals surface area contributed by atoms with Crippen molar-refractivity contribution in [2.75, 3.05) is 6.61 Å². The molecular weight excluding hydrogens is 392 g/mol. The molecule has 0 aliphatic rings. The molecule has 4 nitrogen and oxygen atoms in total. The van der Waals surface area contributed by atoms with Crippen molar-refractivity contribution in [3.05, 3.63) is 63.1 Å². The van der Waals surface area contributed by atoms with E-state index in [0.29, 0.717) is 23.1 Å². The van der Waals surface area contributed by atoms with Gasteiger partial charge in [-0.25, -0.2) is 5.43 Å². The van der Waals surface area contributed by atoms with Gasteiger partial charge in [0.05, 0.1) is 17.3 Å². The van der Waals surface area contributed by atoms with Gasteiger partial charge >= 0.3 is 0 Å². The SMILES string of the molecule is CC(C)COc1ccc(/C=N\NC(=O)c2ccc(Cl)cc2)cc1Br. The Balaban J connectivity index is 1.95. The molecule has 0 atom stereocenters. The van der Waals surface area contributed by atoms with Gasteiger partial charge < -0.3 is 4.74 Å². The lowest BCUT2D eigenvalue weighted by Gasteiger charge is -2.10. The van der Waals surface area contributed by atoms with E-state index in [0.717, 1.165) is 15.8 Å². The summed E-state index contributed by atoms with van der Waals surface area (Å²) in [4.78, 5) is 11.9. The second-order valence-corrected chi connectivity index (χ2v) is 6.89. The Bertz CT molecular complexity index is 730. The van der Waals surface area contributed by atoms with Crippen molar-refractivity contribution in [2.24, 2.45) is 11.0 Å². The van der Waals surface area contributed by atoms with Gasteiger partial charge in [-0.2, -0.15) is 5.10 Å². The minimum Gasteiger partial charge on any atom is -0.492 e. The molecule has 2 rings (SSSR count). The Morgan fingerprint density at radius 2 is 2.00 bits per heavy atom. The summed E-state index contributed by atoms with van der Waals surface area (Å²) in [5.74, 6) is 0.950. The lowest BCUT2D eigenvalue weighted by Crippen LogP contribution is -2.17. The summed E-state index contributed by atoms with van der Waals surface area (Å²) in [5.41, 5.74) is 3.82. The number of carbonyl (C=O) groups is 1. The van der Waals surface area contributed by atoms with Gasteiger partial charge in [0.1, 0.15) is 5.75 Å². The summed E-state index contributed by atoms with van der Waals surface area (Å²) in [6, 6.07) is 12.2. The molecule has 0 unspecified atom stereocenters. The fraction of sp³-hybridized carbons (Fsp3) is 0.222. The zero-order valence-electron chi connectivity index (χ0n) is 13.4. The highest BCUT2D eigenvalue weighted by atomic mass is 79.9. The van der Waals surface area contributed by atoms with Crippen molar-refractivity contribution >= 4 is 39.7 Å². The van der Waals surface area contributed by atoms with E-state index in [1.807, 2.05) is 18.2 Å². The lowest BCUT2D eigenvalue weighted by molar-refractivity contribution is 0.0955. The van der Waals surface area contributed by atoms with Gasteiger partial charge in [0, 0.05) is 10.6 Å². The summed E-state index contributed by atoms with van der Waals surface area (Å²) in [6.07, 6.45) is 1.57. The molecule has 0 saturated heterocycles. The number of rotatable bonds is 6. The summed E-state index contributed by atoms with van der Waals surface area (Å²) in [7, 11) is 0. The van der Waals surface area contributed by atoms with Crippen molar-refractivity contribution in [3.63, 3.8) is 0 Å². The number of amides is 1. The number of halogens is 2. The van der Waals surface area contributed by atoms with E-state index in [-0.39, 0.29) is 5.91 Å². The van der Waals surface area contributed by atoms with Crippen LogP contribution in [-0.2, 0) is 0 Å². The first-order valence-corrected chi connectivity index (χ1v) is 8.64. The minimum atomic E-state index is -0.293. The van der Waals surface area contributed by atoms with Gasteiger partial charge in [-0.3, -0.25) is 4.79 Å². The number of carbonyl (C=O) groups excluding carboxylic acids is 1. The molecular formula is C18H18BrClN2O2. The maximum absolute atomic E-state index is 11.9. The Morgan fingerprint density at radius 1 is 1.29 bits per heavy atom. The van der Waals surface area contributed by atoms with E-state index in [4.69, 9.17) is 16.3 Å². The number of benzene rings is 2. The van der Waals surface area contributed by atoms with Crippen LogP contribution in [0, 0.1) is 5.92 Å². The first kappa shape index (κ1) is 18.5. The molecule has 1 N–H and O–H groups in total. The van der Waals surface area contributed by atoms with Crippen LogP contribution in [-0.4, -0.2) is 18.7 Å². The third-order valence-corrected chi connectivity index (χ3v) is 3.89. The zero-order valence-corrected chi connectivity index (χ0v) is 15.8. The number of nitrogens with zero attached hydrogens (tertiary/aromatic N) is 1. The molecule has 0 saturated carbocycles. The normalized spacial score (nSPS) is 11.0. The molecule has 0 aliphatic carbocycles. The highest BCUT2D eigenvalue weighted by Gasteiger charge is 2.05. The maximum Gasteiger partial charge on any atom is 0.271 e. The quantitative estimate of drug-likeness (QED) is 0.545. The highest BCUT2D eigenvalue weighted by molar-refractivity contribution is 9.10. The lowest BCUT2D eigenvalue weighted by atomic mass is 10.2. The predicted molar refractivity (Wildman–Crippen MR) is 101 cm³/mol. The fourth-order valence-electron chi connectivity index (χ4n) is 1.80. The second-order valence-electron chi connectivity index (χ2n) is 5.60. The van der Waals surface area contributed by atoms with Crippen LogP contribution in [0.3, 0.4) is 0 Å². The Labute approximate surface area is 155 Å².